The summed E-state index contributed by atoms with van der Waals surface area (Å²) in [7, 11) is 1.28. The van der Waals surface area contributed by atoms with Crippen LogP contribution in [-0.2, 0) is 19.1 Å². The Morgan fingerprint density at radius 2 is 1.84 bits per heavy atom. The quantitative estimate of drug-likeness (QED) is 0.440. The highest BCUT2D eigenvalue weighted by atomic mass is 32.2. The second-order valence-corrected chi connectivity index (χ2v) is 6.15. The fraction of sp³-hybridized carbons (Fsp3) is 0.643. The van der Waals surface area contributed by atoms with Crippen LogP contribution in [0.4, 0.5) is 0 Å². The first-order valence-electron chi connectivity index (χ1n) is 6.25. The Bertz CT molecular complexity index is 437. The first kappa shape index (κ1) is 16.0. The molecule has 0 bridgehead atoms. The number of allylic oxidation sites excluding steroid dienone is 2. The van der Waals surface area contributed by atoms with Gasteiger partial charge < -0.3 is 4.74 Å². The van der Waals surface area contributed by atoms with Gasteiger partial charge in [0, 0.05) is 5.92 Å². The van der Waals surface area contributed by atoms with Gasteiger partial charge in [-0.3, -0.25) is 14.4 Å². The van der Waals surface area contributed by atoms with Gasteiger partial charge in [-0.1, -0.05) is 30.3 Å². The van der Waals surface area contributed by atoms with Crippen LogP contribution >= 0.6 is 11.8 Å². The van der Waals surface area contributed by atoms with Crippen molar-refractivity contribution in [2.24, 2.45) is 17.3 Å². The molecule has 1 fully saturated rings. The lowest BCUT2D eigenvalue weighted by Gasteiger charge is -2.11. The molecule has 0 spiro atoms. The first-order chi connectivity index (χ1) is 8.83. The van der Waals surface area contributed by atoms with Crippen LogP contribution in [0.15, 0.2) is 11.6 Å². The second kappa shape index (κ2) is 5.90. The molecule has 0 saturated heterocycles. The van der Waals surface area contributed by atoms with Crippen LogP contribution in [0.3, 0.4) is 0 Å². The molecule has 3 atom stereocenters. The monoisotopic (exact) mass is 284 g/mol. The molecule has 0 aromatic carbocycles. The van der Waals surface area contributed by atoms with Crippen LogP contribution in [0, 0.1) is 17.3 Å². The van der Waals surface area contributed by atoms with Crippen LogP contribution in [0.5, 0.6) is 0 Å². The molecule has 0 aliphatic heterocycles. The minimum atomic E-state index is -1.22. The van der Waals surface area contributed by atoms with E-state index in [2.05, 4.69) is 0 Å². The van der Waals surface area contributed by atoms with Gasteiger partial charge in [-0.25, -0.2) is 0 Å². The van der Waals surface area contributed by atoms with E-state index in [1.165, 1.54) is 14.0 Å². The SMILES string of the molecule is CCSC(=O)C1(C(C)=O)[C@H](C=C(C)C)[C@H]1C(=O)OC. The van der Waals surface area contributed by atoms with E-state index in [1.54, 1.807) is 0 Å². The number of methoxy groups -OCH3 is 1. The van der Waals surface area contributed by atoms with E-state index in [-0.39, 0.29) is 16.8 Å². The van der Waals surface area contributed by atoms with Gasteiger partial charge in [0.05, 0.1) is 13.0 Å². The van der Waals surface area contributed by atoms with Crippen molar-refractivity contribution >= 4 is 28.6 Å². The maximum Gasteiger partial charge on any atom is 0.310 e. The van der Waals surface area contributed by atoms with Crippen LogP contribution in [0.25, 0.3) is 0 Å². The Kier molecular flexibility index (Phi) is 4.96. The minimum absolute atomic E-state index is 0.222. The number of thioether (sulfide) groups is 1. The molecular weight excluding hydrogens is 264 g/mol. The molecule has 1 aliphatic carbocycles. The summed E-state index contributed by atoms with van der Waals surface area (Å²) < 4.78 is 4.74. The molecule has 0 amide bonds. The third-order valence-corrected chi connectivity index (χ3v) is 4.32. The third kappa shape index (κ3) is 2.61. The van der Waals surface area contributed by atoms with Crippen LogP contribution < -0.4 is 0 Å². The van der Waals surface area contributed by atoms with E-state index in [1.807, 2.05) is 26.8 Å². The van der Waals surface area contributed by atoms with Crippen LogP contribution in [-0.4, -0.2) is 29.7 Å². The minimum Gasteiger partial charge on any atom is -0.469 e. The number of hydrogen-bond acceptors (Lipinski definition) is 5. The fourth-order valence-corrected chi connectivity index (χ4v) is 3.48. The lowest BCUT2D eigenvalue weighted by Crippen LogP contribution is -2.27. The number of rotatable bonds is 5. The Morgan fingerprint density at radius 3 is 2.21 bits per heavy atom. The van der Waals surface area contributed by atoms with Gasteiger partial charge in [0.15, 0.2) is 0 Å². The largest absolute Gasteiger partial charge is 0.469 e. The van der Waals surface area contributed by atoms with Crippen molar-refractivity contribution < 1.29 is 19.1 Å². The number of ether oxygens (including phenoxy) is 1. The van der Waals surface area contributed by atoms with Crippen molar-refractivity contribution in [2.45, 2.75) is 27.7 Å². The summed E-state index contributed by atoms with van der Waals surface area (Å²) in [5.74, 6) is -1.19. The molecule has 4 nitrogen and oxygen atoms in total. The lowest BCUT2D eigenvalue weighted by molar-refractivity contribution is -0.146. The molecule has 1 unspecified atom stereocenters. The third-order valence-electron chi connectivity index (χ3n) is 3.43. The summed E-state index contributed by atoms with van der Waals surface area (Å²) in [5.41, 5.74) is -0.235. The molecule has 0 heterocycles. The van der Waals surface area contributed by atoms with Crippen LogP contribution in [0.2, 0.25) is 0 Å². The van der Waals surface area contributed by atoms with Gasteiger partial charge in [-0.05, 0) is 26.5 Å². The molecule has 106 valence electrons. The van der Waals surface area contributed by atoms with Crippen molar-refractivity contribution in [3.05, 3.63) is 11.6 Å². The smallest absolute Gasteiger partial charge is 0.310 e. The second-order valence-electron chi connectivity index (χ2n) is 4.92. The van der Waals surface area contributed by atoms with Crippen molar-refractivity contribution in [1.29, 1.82) is 0 Å². The molecule has 1 saturated carbocycles. The standard InChI is InChI=1S/C14H20O4S/c1-6-19-13(17)14(9(4)15)10(7-8(2)3)11(14)12(16)18-5/h7,10-11H,6H2,1-5H3/t10-,11+,14?/m1/s1. The van der Waals surface area contributed by atoms with Crippen LogP contribution in [0.1, 0.15) is 27.7 Å². The van der Waals surface area contributed by atoms with Crippen molar-refractivity contribution in [3.8, 4) is 0 Å². The molecule has 5 heteroatoms. The molecule has 1 rings (SSSR count). The molecule has 0 aromatic rings. The Hall–Kier alpha value is -1.10. The summed E-state index contributed by atoms with van der Waals surface area (Å²) in [5, 5.41) is -0.222. The molecule has 0 aromatic heterocycles. The van der Waals surface area contributed by atoms with Gasteiger partial charge in [0.2, 0.25) is 5.12 Å². The molecule has 19 heavy (non-hydrogen) atoms. The molecular formula is C14H20O4S. The Morgan fingerprint density at radius 1 is 1.26 bits per heavy atom. The predicted octanol–water partition coefficient (Wildman–Crippen LogP) is 2.23. The summed E-state index contributed by atoms with van der Waals surface area (Å²) in [6.07, 6.45) is 1.83. The number of ketones is 1. The highest BCUT2D eigenvalue weighted by Gasteiger charge is 2.75. The number of esters is 1. The number of carbonyl (C=O) groups is 3. The Labute approximate surface area is 118 Å². The maximum absolute atomic E-state index is 12.3. The average Bonchev–Trinajstić information content (AvgIpc) is 2.97. The van der Waals surface area contributed by atoms with Gasteiger partial charge in [0.1, 0.15) is 11.2 Å². The molecule has 1 aliphatic rings. The topological polar surface area (TPSA) is 60.4 Å². The maximum atomic E-state index is 12.3. The van der Waals surface area contributed by atoms with E-state index >= 15 is 0 Å². The summed E-state index contributed by atoms with van der Waals surface area (Å²) in [4.78, 5) is 36.1. The highest BCUT2D eigenvalue weighted by molar-refractivity contribution is 8.13. The number of Topliss-reactive ketones (excluding diaryl/α,β-unsaturated/α-hetero) is 1. The average molecular weight is 284 g/mol. The normalized spacial score (nSPS) is 28.5. The Balaban J connectivity index is 3.21. The van der Waals surface area contributed by atoms with Gasteiger partial charge >= 0.3 is 5.97 Å². The van der Waals surface area contributed by atoms with E-state index in [0.29, 0.717) is 5.75 Å². The first-order valence-corrected chi connectivity index (χ1v) is 7.23. The van der Waals surface area contributed by atoms with Crippen molar-refractivity contribution in [1.82, 2.24) is 0 Å². The van der Waals surface area contributed by atoms with Crippen molar-refractivity contribution in [2.75, 3.05) is 12.9 Å². The zero-order valence-electron chi connectivity index (χ0n) is 12.0. The highest BCUT2D eigenvalue weighted by Crippen LogP contribution is 2.63. The number of hydrogen-bond donors (Lipinski definition) is 0. The lowest BCUT2D eigenvalue weighted by atomic mass is 9.98. The molecule has 0 N–H and O–H groups in total. The fourth-order valence-electron chi connectivity index (χ4n) is 2.57. The number of carbonyl (C=O) groups excluding carboxylic acids is 3. The van der Waals surface area contributed by atoms with E-state index in [4.69, 9.17) is 4.74 Å². The summed E-state index contributed by atoms with van der Waals surface area (Å²) in [6, 6.07) is 0. The predicted molar refractivity (Wildman–Crippen MR) is 74.7 cm³/mol. The van der Waals surface area contributed by atoms with E-state index < -0.39 is 17.3 Å². The van der Waals surface area contributed by atoms with Gasteiger partial charge in [0.25, 0.3) is 0 Å². The molecule has 0 radical (unpaired) electrons. The zero-order valence-corrected chi connectivity index (χ0v) is 12.8. The summed E-state index contributed by atoms with van der Waals surface area (Å²) >= 11 is 1.09. The van der Waals surface area contributed by atoms with E-state index in [9.17, 15) is 14.4 Å². The van der Waals surface area contributed by atoms with Gasteiger partial charge in [-0.15, -0.1) is 0 Å². The zero-order chi connectivity index (χ0) is 14.8. The van der Waals surface area contributed by atoms with E-state index in [0.717, 1.165) is 17.3 Å². The van der Waals surface area contributed by atoms with Gasteiger partial charge in [-0.2, -0.15) is 0 Å². The van der Waals surface area contributed by atoms with Crippen molar-refractivity contribution in [3.63, 3.8) is 0 Å². The summed E-state index contributed by atoms with van der Waals surface area (Å²) in [6.45, 7) is 6.99.